The van der Waals surface area contributed by atoms with Crippen molar-refractivity contribution in [2.75, 3.05) is 38.8 Å². The molecule has 1 rings (SSSR count). The lowest BCUT2D eigenvalue weighted by molar-refractivity contribution is 0.199. The van der Waals surface area contributed by atoms with E-state index in [1.807, 2.05) is 19.2 Å². The van der Waals surface area contributed by atoms with Crippen LogP contribution < -0.4 is 10.2 Å². The lowest BCUT2D eigenvalue weighted by Crippen LogP contribution is -2.20. The van der Waals surface area contributed by atoms with Gasteiger partial charge in [-0.15, -0.1) is 0 Å². The van der Waals surface area contributed by atoms with E-state index in [4.69, 9.17) is 4.74 Å². The Bertz CT molecular complexity index is 440. The minimum absolute atomic E-state index is 0.697. The van der Waals surface area contributed by atoms with Gasteiger partial charge in [-0.2, -0.15) is 5.26 Å². The smallest absolute Gasteiger partial charge is 0.101 e. The van der Waals surface area contributed by atoms with E-state index in [0.717, 1.165) is 49.3 Å². The van der Waals surface area contributed by atoms with Crippen LogP contribution >= 0.6 is 0 Å². The fraction of sp³-hybridized carbons (Fsp3) is 0.562. The molecule has 0 atom stereocenters. The summed E-state index contributed by atoms with van der Waals surface area (Å²) in [6.07, 6.45) is 2.30. The summed E-state index contributed by atoms with van der Waals surface area (Å²) < 4.78 is 4.99. The summed E-state index contributed by atoms with van der Waals surface area (Å²) in [5.74, 6) is 0. The first-order valence-corrected chi connectivity index (χ1v) is 7.16. The lowest BCUT2D eigenvalue weighted by atomic mass is 10.1. The van der Waals surface area contributed by atoms with Crippen molar-refractivity contribution in [3.05, 3.63) is 29.3 Å². The van der Waals surface area contributed by atoms with E-state index >= 15 is 0 Å². The summed E-state index contributed by atoms with van der Waals surface area (Å²) >= 11 is 0. The van der Waals surface area contributed by atoms with E-state index in [0.29, 0.717) is 6.61 Å². The first-order valence-electron chi connectivity index (χ1n) is 7.16. The Balaban J connectivity index is 2.68. The zero-order valence-corrected chi connectivity index (χ0v) is 12.8. The van der Waals surface area contributed by atoms with Gasteiger partial charge in [0.05, 0.1) is 17.9 Å². The van der Waals surface area contributed by atoms with Gasteiger partial charge in [-0.25, -0.2) is 0 Å². The molecule has 0 aliphatic heterocycles. The highest BCUT2D eigenvalue weighted by Crippen LogP contribution is 2.20. The van der Waals surface area contributed by atoms with Crippen LogP contribution in [0.5, 0.6) is 0 Å². The molecule has 0 fully saturated rings. The van der Waals surface area contributed by atoms with Gasteiger partial charge in [0.2, 0.25) is 0 Å². The molecule has 0 bridgehead atoms. The molecule has 0 spiro atoms. The van der Waals surface area contributed by atoms with Crippen molar-refractivity contribution >= 4 is 5.69 Å². The number of ether oxygens (including phenoxy) is 1. The van der Waals surface area contributed by atoms with Gasteiger partial charge in [-0.3, -0.25) is 0 Å². The van der Waals surface area contributed by atoms with Gasteiger partial charge < -0.3 is 15.0 Å². The topological polar surface area (TPSA) is 48.3 Å². The van der Waals surface area contributed by atoms with Crippen molar-refractivity contribution in [1.82, 2.24) is 5.32 Å². The van der Waals surface area contributed by atoms with Crippen molar-refractivity contribution in [2.24, 2.45) is 0 Å². The molecule has 4 heteroatoms. The van der Waals surface area contributed by atoms with Gasteiger partial charge in [-0.1, -0.05) is 19.4 Å². The van der Waals surface area contributed by atoms with Crippen molar-refractivity contribution in [3.63, 3.8) is 0 Å². The summed E-state index contributed by atoms with van der Waals surface area (Å²) in [7, 11) is 3.73. The Morgan fingerprint density at radius 3 is 2.85 bits per heavy atom. The molecular formula is C16H25N3O. The second-order valence-corrected chi connectivity index (χ2v) is 4.91. The number of nitrogens with zero attached hydrogens (tertiary/aromatic N) is 2. The summed E-state index contributed by atoms with van der Waals surface area (Å²) in [6, 6.07) is 8.40. The van der Waals surface area contributed by atoms with Gasteiger partial charge in [0.15, 0.2) is 0 Å². The van der Waals surface area contributed by atoms with Gasteiger partial charge in [0, 0.05) is 33.8 Å². The Morgan fingerprint density at radius 2 is 2.20 bits per heavy atom. The zero-order chi connectivity index (χ0) is 14.8. The predicted octanol–water partition coefficient (Wildman–Crippen LogP) is 2.53. The summed E-state index contributed by atoms with van der Waals surface area (Å²) in [4.78, 5) is 2.16. The Hall–Kier alpha value is -1.57. The number of anilines is 1. The molecule has 0 aliphatic rings. The Morgan fingerprint density at radius 1 is 1.40 bits per heavy atom. The fourth-order valence-corrected chi connectivity index (χ4v) is 2.04. The van der Waals surface area contributed by atoms with Crippen molar-refractivity contribution in [2.45, 2.75) is 26.3 Å². The van der Waals surface area contributed by atoms with Crippen molar-refractivity contribution < 1.29 is 4.74 Å². The molecule has 110 valence electrons. The third kappa shape index (κ3) is 5.20. The summed E-state index contributed by atoms with van der Waals surface area (Å²) in [5, 5.41) is 12.6. The van der Waals surface area contributed by atoms with Gasteiger partial charge in [0.1, 0.15) is 6.07 Å². The lowest BCUT2D eigenvalue weighted by Gasteiger charge is -2.20. The highest BCUT2D eigenvalue weighted by molar-refractivity contribution is 5.60. The van der Waals surface area contributed by atoms with Crippen LogP contribution in [0.25, 0.3) is 0 Å². The average Bonchev–Trinajstić information content (AvgIpc) is 2.49. The normalized spacial score (nSPS) is 10.3. The van der Waals surface area contributed by atoms with E-state index in [-0.39, 0.29) is 0 Å². The largest absolute Gasteiger partial charge is 0.383 e. The number of methoxy groups -OCH3 is 1. The van der Waals surface area contributed by atoms with E-state index in [9.17, 15) is 5.26 Å². The summed E-state index contributed by atoms with van der Waals surface area (Å²) in [6.45, 7) is 5.43. The second kappa shape index (κ2) is 9.35. The predicted molar refractivity (Wildman–Crippen MR) is 82.9 cm³/mol. The van der Waals surface area contributed by atoms with E-state index in [1.54, 1.807) is 7.11 Å². The number of unbranched alkanes of at least 4 members (excludes halogenated alkanes) is 1. The number of hydrogen-bond donors (Lipinski definition) is 1. The zero-order valence-electron chi connectivity index (χ0n) is 12.8. The Kier molecular flexibility index (Phi) is 7.71. The van der Waals surface area contributed by atoms with Gasteiger partial charge >= 0.3 is 0 Å². The van der Waals surface area contributed by atoms with E-state index in [2.05, 4.69) is 29.3 Å². The molecule has 0 saturated carbocycles. The van der Waals surface area contributed by atoms with Crippen molar-refractivity contribution in [1.29, 1.82) is 5.26 Å². The van der Waals surface area contributed by atoms with Crippen LogP contribution in [0.1, 0.15) is 30.9 Å². The molecule has 4 nitrogen and oxygen atoms in total. The number of benzene rings is 1. The van der Waals surface area contributed by atoms with Crippen LogP contribution in [0.2, 0.25) is 0 Å². The van der Waals surface area contributed by atoms with Crippen LogP contribution in [0.4, 0.5) is 5.69 Å². The van der Waals surface area contributed by atoms with Gasteiger partial charge in [-0.05, 0) is 24.1 Å². The molecule has 1 N–H and O–H groups in total. The molecule has 0 heterocycles. The summed E-state index contributed by atoms with van der Waals surface area (Å²) in [5.41, 5.74) is 2.89. The van der Waals surface area contributed by atoms with Crippen LogP contribution in [0.3, 0.4) is 0 Å². The third-order valence-corrected chi connectivity index (χ3v) is 3.25. The maximum absolute atomic E-state index is 9.31. The van der Waals surface area contributed by atoms with Crippen LogP contribution in [0.15, 0.2) is 18.2 Å². The maximum atomic E-state index is 9.31. The number of hydrogen-bond acceptors (Lipinski definition) is 4. The van der Waals surface area contributed by atoms with Crippen LogP contribution in [0, 0.1) is 11.3 Å². The molecule has 1 aromatic carbocycles. The molecule has 0 aliphatic carbocycles. The monoisotopic (exact) mass is 275 g/mol. The van der Waals surface area contributed by atoms with E-state index < -0.39 is 0 Å². The molecule has 0 aromatic heterocycles. The molecule has 20 heavy (non-hydrogen) atoms. The first-order chi connectivity index (χ1) is 9.72. The second-order valence-electron chi connectivity index (χ2n) is 4.91. The Labute approximate surface area is 122 Å². The molecule has 1 aromatic rings. The number of nitriles is 1. The van der Waals surface area contributed by atoms with Crippen LogP contribution in [-0.2, 0) is 11.3 Å². The quantitative estimate of drug-likeness (QED) is 0.704. The SMILES string of the molecule is CCCCN(C)c1ccc(CNCCOC)cc1C#N. The first kappa shape index (κ1) is 16.5. The van der Waals surface area contributed by atoms with Gasteiger partial charge in [0.25, 0.3) is 0 Å². The third-order valence-electron chi connectivity index (χ3n) is 3.25. The number of nitrogens with one attached hydrogen (secondary N) is 1. The van der Waals surface area contributed by atoms with Crippen LogP contribution in [-0.4, -0.2) is 33.9 Å². The maximum Gasteiger partial charge on any atom is 0.101 e. The van der Waals surface area contributed by atoms with Crippen molar-refractivity contribution in [3.8, 4) is 6.07 Å². The molecule has 0 unspecified atom stereocenters. The molecular weight excluding hydrogens is 250 g/mol. The van der Waals surface area contributed by atoms with E-state index in [1.165, 1.54) is 0 Å². The minimum atomic E-state index is 0.697. The highest BCUT2D eigenvalue weighted by atomic mass is 16.5. The minimum Gasteiger partial charge on any atom is -0.383 e. The number of rotatable bonds is 9. The molecule has 0 amide bonds. The standard InChI is InChI=1S/C16H25N3O/c1-4-5-9-19(2)16-7-6-14(11-15(16)12-17)13-18-8-10-20-3/h6-7,11,18H,4-5,8-10,13H2,1-3H3. The molecule has 0 radical (unpaired) electrons. The molecule has 0 saturated heterocycles. The fourth-order valence-electron chi connectivity index (χ4n) is 2.04. The average molecular weight is 275 g/mol. The highest BCUT2D eigenvalue weighted by Gasteiger charge is 2.07.